The lowest BCUT2D eigenvalue weighted by Gasteiger charge is -2.18. The van der Waals surface area contributed by atoms with Crippen molar-refractivity contribution in [2.24, 2.45) is 5.92 Å². The zero-order valence-electron chi connectivity index (χ0n) is 14.9. The normalized spacial score (nSPS) is 16.0. The maximum absolute atomic E-state index is 12.4. The number of carboxylic acids is 1. The van der Waals surface area contributed by atoms with Crippen LogP contribution in [0.4, 0.5) is 10.5 Å². The van der Waals surface area contributed by atoms with Crippen molar-refractivity contribution in [3.05, 3.63) is 48.3 Å². The third-order valence-electron chi connectivity index (χ3n) is 4.38. The number of carbonyl (C=O) groups excluding carboxylic acids is 1. The van der Waals surface area contributed by atoms with Gasteiger partial charge >= 0.3 is 12.0 Å². The Labute approximate surface area is 156 Å². The van der Waals surface area contributed by atoms with E-state index in [1.807, 2.05) is 12.1 Å². The summed E-state index contributed by atoms with van der Waals surface area (Å²) in [6, 6.07) is 8.48. The van der Waals surface area contributed by atoms with E-state index >= 15 is 0 Å². The number of anilines is 1. The third-order valence-corrected chi connectivity index (χ3v) is 4.38. The van der Waals surface area contributed by atoms with E-state index in [0.29, 0.717) is 36.8 Å². The number of aliphatic carboxylic acids is 1. The molecule has 2 aromatic rings. The van der Waals surface area contributed by atoms with Crippen molar-refractivity contribution < 1.29 is 24.2 Å². The summed E-state index contributed by atoms with van der Waals surface area (Å²) in [6.45, 7) is 0.968. The number of nitrogens with one attached hydrogen (secondary N) is 1. The molecule has 2 amide bonds. The van der Waals surface area contributed by atoms with Crippen LogP contribution < -0.4 is 14.8 Å². The van der Waals surface area contributed by atoms with E-state index in [4.69, 9.17) is 14.6 Å². The van der Waals surface area contributed by atoms with E-state index in [9.17, 15) is 9.59 Å². The summed E-state index contributed by atoms with van der Waals surface area (Å²) in [5.74, 6) is -0.335. The van der Waals surface area contributed by atoms with Crippen LogP contribution in [0.15, 0.2) is 42.7 Å². The fraction of sp³-hybridized carbons (Fsp3) is 0.316. The lowest BCUT2D eigenvalue weighted by Crippen LogP contribution is -2.33. The smallest absolute Gasteiger partial charge is 0.321 e. The van der Waals surface area contributed by atoms with Crippen LogP contribution in [0.5, 0.6) is 11.5 Å². The number of nitrogens with zero attached hydrogens (tertiary/aromatic N) is 2. The van der Waals surface area contributed by atoms with Crippen molar-refractivity contribution in [3.63, 3.8) is 0 Å². The summed E-state index contributed by atoms with van der Waals surface area (Å²) in [5, 5.41) is 11.8. The lowest BCUT2D eigenvalue weighted by atomic mass is 10.1. The Kier molecular flexibility index (Phi) is 5.75. The second-order valence-corrected chi connectivity index (χ2v) is 6.21. The highest BCUT2D eigenvalue weighted by molar-refractivity contribution is 5.90. The zero-order valence-corrected chi connectivity index (χ0v) is 14.9. The Morgan fingerprint density at radius 3 is 2.70 bits per heavy atom. The van der Waals surface area contributed by atoms with Gasteiger partial charge in [0, 0.05) is 37.2 Å². The number of hydrogen-bond donors (Lipinski definition) is 2. The average Bonchev–Trinajstić information content (AvgIpc) is 3.18. The van der Waals surface area contributed by atoms with Crippen molar-refractivity contribution in [2.45, 2.75) is 13.0 Å². The Balaban J connectivity index is 1.65. The minimum atomic E-state index is -0.874. The van der Waals surface area contributed by atoms with E-state index < -0.39 is 11.9 Å². The van der Waals surface area contributed by atoms with E-state index in [0.717, 1.165) is 5.56 Å². The van der Waals surface area contributed by atoms with Crippen LogP contribution >= 0.6 is 0 Å². The Morgan fingerprint density at radius 2 is 2.04 bits per heavy atom. The molecule has 142 valence electrons. The van der Waals surface area contributed by atoms with Gasteiger partial charge in [0.15, 0.2) is 11.5 Å². The fourth-order valence-electron chi connectivity index (χ4n) is 2.86. The summed E-state index contributed by atoms with van der Waals surface area (Å²) in [6.07, 6.45) is 3.84. The van der Waals surface area contributed by atoms with Crippen LogP contribution in [0.25, 0.3) is 0 Å². The molecule has 8 heteroatoms. The summed E-state index contributed by atoms with van der Waals surface area (Å²) >= 11 is 0. The molecule has 1 unspecified atom stereocenters. The van der Waals surface area contributed by atoms with E-state index in [2.05, 4.69) is 10.3 Å². The van der Waals surface area contributed by atoms with Crippen LogP contribution in [0.1, 0.15) is 12.0 Å². The lowest BCUT2D eigenvalue weighted by molar-refractivity contribution is -0.141. The number of carboxylic acid groups (broad SMARTS) is 1. The van der Waals surface area contributed by atoms with E-state index in [1.54, 1.807) is 37.7 Å². The molecule has 1 aliphatic heterocycles. The second-order valence-electron chi connectivity index (χ2n) is 6.21. The predicted octanol–water partition coefficient (Wildman–Crippen LogP) is 2.61. The molecule has 1 aromatic carbocycles. The van der Waals surface area contributed by atoms with E-state index in [1.165, 1.54) is 4.90 Å². The first-order chi connectivity index (χ1) is 13.1. The van der Waals surface area contributed by atoms with Crippen LogP contribution in [0, 0.1) is 5.92 Å². The number of benzene rings is 1. The second kappa shape index (κ2) is 8.39. The van der Waals surface area contributed by atoms with Gasteiger partial charge in [0.25, 0.3) is 0 Å². The molecule has 2 heterocycles. The number of aromatic nitrogens is 1. The van der Waals surface area contributed by atoms with Gasteiger partial charge in [0.2, 0.25) is 0 Å². The van der Waals surface area contributed by atoms with E-state index in [-0.39, 0.29) is 12.6 Å². The Hall–Kier alpha value is -3.29. The molecule has 2 N–H and O–H groups in total. The predicted molar refractivity (Wildman–Crippen MR) is 97.9 cm³/mol. The quantitative estimate of drug-likeness (QED) is 0.809. The first-order valence-electron chi connectivity index (χ1n) is 8.55. The summed E-state index contributed by atoms with van der Waals surface area (Å²) in [7, 11) is 1.54. The van der Waals surface area contributed by atoms with Crippen LogP contribution in [0.3, 0.4) is 0 Å². The molecule has 1 aliphatic rings. The number of likely N-dealkylation sites (tertiary alicyclic amines) is 1. The SMILES string of the molecule is COc1ccc(NC(=O)N2CCC(C(=O)O)C2)cc1OCc1ccncc1. The highest BCUT2D eigenvalue weighted by atomic mass is 16.5. The van der Waals surface area contributed by atoms with Crippen LogP contribution in [0.2, 0.25) is 0 Å². The number of ether oxygens (including phenoxy) is 2. The zero-order chi connectivity index (χ0) is 19.2. The van der Waals surface area contributed by atoms with Crippen LogP contribution in [-0.2, 0) is 11.4 Å². The monoisotopic (exact) mass is 371 g/mol. The Morgan fingerprint density at radius 1 is 1.26 bits per heavy atom. The molecule has 1 fully saturated rings. The van der Waals surface area contributed by atoms with Gasteiger partial charge in [-0.25, -0.2) is 4.79 Å². The minimum Gasteiger partial charge on any atom is -0.493 e. The number of carbonyl (C=O) groups is 2. The first-order valence-corrected chi connectivity index (χ1v) is 8.55. The minimum absolute atomic E-state index is 0.211. The molecule has 0 radical (unpaired) electrons. The molecule has 0 bridgehead atoms. The maximum Gasteiger partial charge on any atom is 0.321 e. The summed E-state index contributed by atoms with van der Waals surface area (Å²) in [4.78, 5) is 28.9. The van der Waals surface area contributed by atoms with Crippen molar-refractivity contribution in [2.75, 3.05) is 25.5 Å². The van der Waals surface area contributed by atoms with Gasteiger partial charge in [0.05, 0.1) is 13.0 Å². The molecular weight excluding hydrogens is 350 g/mol. The van der Waals surface area contributed by atoms with Crippen molar-refractivity contribution in [1.29, 1.82) is 0 Å². The summed E-state index contributed by atoms with van der Waals surface area (Å²) in [5.41, 5.74) is 1.50. The Bertz CT molecular complexity index is 812. The molecule has 0 spiro atoms. The number of urea groups is 1. The molecule has 0 saturated carbocycles. The highest BCUT2D eigenvalue weighted by Crippen LogP contribution is 2.31. The number of methoxy groups -OCH3 is 1. The molecule has 27 heavy (non-hydrogen) atoms. The van der Waals surface area contributed by atoms with Gasteiger partial charge in [-0.1, -0.05) is 0 Å². The fourth-order valence-corrected chi connectivity index (χ4v) is 2.86. The molecule has 1 saturated heterocycles. The number of hydrogen-bond acceptors (Lipinski definition) is 5. The molecular formula is C19H21N3O5. The number of amides is 2. The van der Waals surface area contributed by atoms with Gasteiger partial charge in [-0.3, -0.25) is 9.78 Å². The van der Waals surface area contributed by atoms with Gasteiger partial charge in [-0.15, -0.1) is 0 Å². The molecule has 8 nitrogen and oxygen atoms in total. The standard InChI is InChI=1S/C19H21N3O5/c1-26-16-3-2-15(10-17(16)27-12-13-4-7-20-8-5-13)21-19(25)22-9-6-14(11-22)18(23)24/h2-5,7-8,10,14H,6,9,11-12H2,1H3,(H,21,25)(H,23,24). The third kappa shape index (κ3) is 4.66. The molecule has 3 rings (SSSR count). The van der Waals surface area contributed by atoms with Crippen LogP contribution in [-0.4, -0.2) is 47.2 Å². The molecule has 1 atom stereocenters. The van der Waals surface area contributed by atoms with Crippen molar-refractivity contribution in [3.8, 4) is 11.5 Å². The number of pyridine rings is 1. The average molecular weight is 371 g/mol. The van der Waals surface area contributed by atoms with Gasteiger partial charge in [0.1, 0.15) is 6.61 Å². The highest BCUT2D eigenvalue weighted by Gasteiger charge is 2.30. The number of rotatable bonds is 6. The van der Waals surface area contributed by atoms with Gasteiger partial charge in [-0.2, -0.15) is 0 Å². The first kappa shape index (κ1) is 18.5. The topological polar surface area (TPSA) is 101 Å². The van der Waals surface area contributed by atoms with Gasteiger partial charge < -0.3 is 24.8 Å². The van der Waals surface area contributed by atoms with Gasteiger partial charge in [-0.05, 0) is 36.2 Å². The largest absolute Gasteiger partial charge is 0.493 e. The summed E-state index contributed by atoms with van der Waals surface area (Å²) < 4.78 is 11.1. The van der Waals surface area contributed by atoms with Crippen molar-refractivity contribution >= 4 is 17.7 Å². The molecule has 1 aromatic heterocycles. The van der Waals surface area contributed by atoms with Crippen molar-refractivity contribution in [1.82, 2.24) is 9.88 Å². The maximum atomic E-state index is 12.4. The molecule has 0 aliphatic carbocycles.